The lowest BCUT2D eigenvalue weighted by atomic mass is 10.0. The molecule has 14 heavy (non-hydrogen) atoms. The average molecular weight is 310 g/mol. The molecule has 0 saturated carbocycles. The molecule has 76 valence electrons. The van der Waals surface area contributed by atoms with E-state index in [0.717, 1.165) is 0 Å². The van der Waals surface area contributed by atoms with Gasteiger partial charge in [0.05, 0.1) is 0 Å². The van der Waals surface area contributed by atoms with Crippen molar-refractivity contribution < 1.29 is 13.6 Å². The van der Waals surface area contributed by atoms with Crippen molar-refractivity contribution in [3.63, 3.8) is 0 Å². The number of carbonyl (C=O) groups is 1. The predicted octanol–water partition coefficient (Wildman–Crippen LogP) is 3.74. The number of alkyl halides is 2. The number of aryl methyl sites for hydroxylation is 1. The molecule has 0 unspecified atom stereocenters. The van der Waals surface area contributed by atoms with E-state index in [2.05, 4.69) is 0 Å². The Morgan fingerprint density at radius 3 is 2.43 bits per heavy atom. The Bertz CT molecular complexity index is 375. The summed E-state index contributed by atoms with van der Waals surface area (Å²) in [5.41, 5.74) is 1.11. The number of benzene rings is 1. The molecule has 0 atom stereocenters. The topological polar surface area (TPSA) is 17.1 Å². The minimum absolute atomic E-state index is 0.00639. The third-order valence-electron chi connectivity index (χ3n) is 1.96. The zero-order valence-electron chi connectivity index (χ0n) is 7.77. The molecule has 1 aromatic rings. The van der Waals surface area contributed by atoms with Crippen LogP contribution in [0, 0.1) is 10.5 Å². The standard InChI is InChI=1S/C10H9F2IO/c1-5-3-8(10(11)12)9(13)4-7(5)6(2)14/h3-4,10H,1-2H3. The molecule has 0 radical (unpaired) electrons. The maximum absolute atomic E-state index is 12.5. The summed E-state index contributed by atoms with van der Waals surface area (Å²) < 4.78 is 25.3. The fourth-order valence-electron chi connectivity index (χ4n) is 1.25. The normalized spacial score (nSPS) is 10.7. The van der Waals surface area contributed by atoms with Gasteiger partial charge in [-0.3, -0.25) is 4.79 Å². The van der Waals surface area contributed by atoms with Gasteiger partial charge in [-0.2, -0.15) is 0 Å². The number of Topliss-reactive ketones (excluding diaryl/α,β-unsaturated/α-hetero) is 1. The fourth-order valence-corrected chi connectivity index (χ4v) is 1.95. The van der Waals surface area contributed by atoms with E-state index in [0.29, 0.717) is 14.7 Å². The van der Waals surface area contributed by atoms with Crippen LogP contribution in [0.15, 0.2) is 12.1 Å². The largest absolute Gasteiger partial charge is 0.295 e. The summed E-state index contributed by atoms with van der Waals surface area (Å²) in [5.74, 6) is -0.0961. The first-order valence-corrected chi connectivity index (χ1v) is 5.10. The van der Waals surface area contributed by atoms with Crippen molar-refractivity contribution in [1.82, 2.24) is 0 Å². The van der Waals surface area contributed by atoms with Gasteiger partial charge in [-0.25, -0.2) is 8.78 Å². The van der Waals surface area contributed by atoms with Gasteiger partial charge in [0.2, 0.25) is 0 Å². The van der Waals surface area contributed by atoms with Crippen molar-refractivity contribution in [2.75, 3.05) is 0 Å². The Balaban J connectivity index is 3.31. The molecular formula is C10H9F2IO. The van der Waals surface area contributed by atoms with Gasteiger partial charge in [0.15, 0.2) is 5.78 Å². The van der Waals surface area contributed by atoms with Gasteiger partial charge in [-0.15, -0.1) is 0 Å². The average Bonchev–Trinajstić information content (AvgIpc) is 2.07. The van der Waals surface area contributed by atoms with Gasteiger partial charge >= 0.3 is 0 Å². The van der Waals surface area contributed by atoms with Crippen molar-refractivity contribution in [1.29, 1.82) is 0 Å². The minimum Gasteiger partial charge on any atom is -0.295 e. The molecular weight excluding hydrogens is 301 g/mol. The fraction of sp³-hybridized carbons (Fsp3) is 0.300. The second-order valence-electron chi connectivity index (χ2n) is 3.05. The lowest BCUT2D eigenvalue weighted by Crippen LogP contribution is -2.00. The number of hydrogen-bond donors (Lipinski definition) is 0. The van der Waals surface area contributed by atoms with Crippen LogP contribution in [0.4, 0.5) is 8.78 Å². The highest BCUT2D eigenvalue weighted by atomic mass is 127. The summed E-state index contributed by atoms with van der Waals surface area (Å²) >= 11 is 1.82. The molecule has 0 amide bonds. The van der Waals surface area contributed by atoms with Crippen LogP contribution < -0.4 is 0 Å². The molecule has 0 aliphatic carbocycles. The number of hydrogen-bond acceptors (Lipinski definition) is 1. The third kappa shape index (κ3) is 2.29. The van der Waals surface area contributed by atoms with E-state index in [9.17, 15) is 13.6 Å². The second kappa shape index (κ2) is 4.33. The maximum atomic E-state index is 12.5. The van der Waals surface area contributed by atoms with Gasteiger partial charge in [0, 0.05) is 14.7 Å². The Kier molecular flexibility index (Phi) is 3.58. The first kappa shape index (κ1) is 11.6. The Labute approximate surface area is 94.6 Å². The van der Waals surface area contributed by atoms with Gasteiger partial charge in [0.1, 0.15) is 0 Å². The lowest BCUT2D eigenvalue weighted by Gasteiger charge is -2.08. The van der Waals surface area contributed by atoms with Crippen LogP contribution in [-0.4, -0.2) is 5.78 Å². The molecule has 0 bridgehead atoms. The molecule has 0 fully saturated rings. The van der Waals surface area contributed by atoms with Gasteiger partial charge in [0.25, 0.3) is 6.43 Å². The maximum Gasteiger partial charge on any atom is 0.264 e. The quantitative estimate of drug-likeness (QED) is 0.601. The van der Waals surface area contributed by atoms with Crippen LogP contribution in [0.25, 0.3) is 0 Å². The van der Waals surface area contributed by atoms with Crippen LogP contribution in [-0.2, 0) is 0 Å². The smallest absolute Gasteiger partial charge is 0.264 e. The van der Waals surface area contributed by atoms with E-state index < -0.39 is 6.43 Å². The van der Waals surface area contributed by atoms with Crippen molar-refractivity contribution in [2.45, 2.75) is 20.3 Å². The van der Waals surface area contributed by atoms with Crippen LogP contribution in [0.2, 0.25) is 0 Å². The molecule has 0 aromatic heterocycles. The Morgan fingerprint density at radius 2 is 2.00 bits per heavy atom. The highest BCUT2D eigenvalue weighted by Crippen LogP contribution is 2.27. The first-order chi connectivity index (χ1) is 6.43. The van der Waals surface area contributed by atoms with E-state index in [4.69, 9.17) is 0 Å². The summed E-state index contributed by atoms with van der Waals surface area (Å²) in [7, 11) is 0. The molecule has 1 nitrogen and oxygen atoms in total. The summed E-state index contributed by atoms with van der Waals surface area (Å²) in [6.07, 6.45) is -2.48. The van der Waals surface area contributed by atoms with Gasteiger partial charge in [-0.05, 0) is 54.1 Å². The van der Waals surface area contributed by atoms with Gasteiger partial charge in [-0.1, -0.05) is 0 Å². The predicted molar refractivity (Wildman–Crippen MR) is 58.9 cm³/mol. The number of ketones is 1. The van der Waals surface area contributed by atoms with E-state index in [-0.39, 0.29) is 11.3 Å². The molecule has 0 N–H and O–H groups in total. The molecule has 4 heteroatoms. The lowest BCUT2D eigenvalue weighted by molar-refractivity contribution is 0.101. The Morgan fingerprint density at radius 1 is 1.43 bits per heavy atom. The number of rotatable bonds is 2. The summed E-state index contributed by atoms with van der Waals surface area (Å²) in [6.45, 7) is 3.10. The highest BCUT2D eigenvalue weighted by Gasteiger charge is 2.15. The first-order valence-electron chi connectivity index (χ1n) is 4.02. The molecule has 1 aromatic carbocycles. The highest BCUT2D eigenvalue weighted by molar-refractivity contribution is 14.1. The third-order valence-corrected chi connectivity index (χ3v) is 2.89. The van der Waals surface area contributed by atoms with Gasteiger partial charge < -0.3 is 0 Å². The molecule has 1 rings (SSSR count). The SMILES string of the molecule is CC(=O)c1cc(I)c(C(F)F)cc1C. The number of halogens is 3. The van der Waals surface area contributed by atoms with Crippen LogP contribution in [0.3, 0.4) is 0 Å². The second-order valence-corrected chi connectivity index (χ2v) is 4.21. The molecule has 0 heterocycles. The molecule has 0 saturated heterocycles. The zero-order valence-corrected chi connectivity index (χ0v) is 9.93. The molecule has 0 aliphatic heterocycles. The van der Waals surface area contributed by atoms with Crippen molar-refractivity contribution >= 4 is 28.4 Å². The minimum atomic E-state index is -2.48. The summed E-state index contributed by atoms with van der Waals surface area (Å²) in [5, 5.41) is 0. The van der Waals surface area contributed by atoms with Crippen molar-refractivity contribution in [3.05, 3.63) is 32.4 Å². The van der Waals surface area contributed by atoms with E-state index in [1.165, 1.54) is 19.1 Å². The summed E-state index contributed by atoms with van der Waals surface area (Å²) in [6, 6.07) is 2.89. The molecule has 0 spiro atoms. The van der Waals surface area contributed by atoms with Crippen molar-refractivity contribution in [3.8, 4) is 0 Å². The number of carbonyl (C=O) groups excluding carboxylic acids is 1. The van der Waals surface area contributed by atoms with E-state index in [1.807, 2.05) is 22.6 Å². The summed E-state index contributed by atoms with van der Waals surface area (Å²) in [4.78, 5) is 11.1. The monoisotopic (exact) mass is 310 g/mol. The molecule has 0 aliphatic rings. The Hall–Kier alpha value is -0.520. The van der Waals surface area contributed by atoms with E-state index in [1.54, 1.807) is 6.92 Å². The van der Waals surface area contributed by atoms with Crippen LogP contribution in [0.1, 0.15) is 34.8 Å². The zero-order chi connectivity index (χ0) is 10.9. The van der Waals surface area contributed by atoms with Crippen LogP contribution >= 0.6 is 22.6 Å². The van der Waals surface area contributed by atoms with Crippen LogP contribution in [0.5, 0.6) is 0 Å². The van der Waals surface area contributed by atoms with Crippen molar-refractivity contribution in [2.24, 2.45) is 0 Å². The van der Waals surface area contributed by atoms with E-state index >= 15 is 0 Å².